The van der Waals surface area contributed by atoms with E-state index in [1.807, 2.05) is 31.2 Å². The molecule has 1 aromatic carbocycles. The number of aromatic nitrogens is 4. The van der Waals surface area contributed by atoms with Crippen LogP contribution in [0.1, 0.15) is 28.1 Å². The molecule has 1 fully saturated rings. The van der Waals surface area contributed by atoms with Crippen LogP contribution in [0.2, 0.25) is 0 Å². The van der Waals surface area contributed by atoms with Crippen LogP contribution in [0.25, 0.3) is 16.9 Å². The monoisotopic (exact) mass is 476 g/mol. The molecule has 4 aromatic rings. The number of hydrogen-bond donors (Lipinski definition) is 0. The number of hydrogen-bond acceptors (Lipinski definition) is 8. The Balaban J connectivity index is 1.38. The second-order valence-electron chi connectivity index (χ2n) is 8.14. The maximum Gasteiger partial charge on any atom is 0.310 e. The number of carbonyl (C=O) groups excluding carboxylic acids is 2. The van der Waals surface area contributed by atoms with E-state index in [-0.39, 0.29) is 29.4 Å². The largest absolute Gasteiger partial charge is 0.493 e. The molecule has 2 amide bonds. The van der Waals surface area contributed by atoms with Gasteiger partial charge in [-0.25, -0.2) is 14.5 Å². The van der Waals surface area contributed by atoms with E-state index < -0.39 is 0 Å². The first kappa shape index (κ1) is 22.4. The van der Waals surface area contributed by atoms with Gasteiger partial charge in [-0.1, -0.05) is 0 Å². The summed E-state index contributed by atoms with van der Waals surface area (Å²) in [5.74, 6) is 0.748. The first-order chi connectivity index (χ1) is 17.0. The van der Waals surface area contributed by atoms with Gasteiger partial charge in [0.15, 0.2) is 22.8 Å². The topological polar surface area (TPSA) is 115 Å². The Morgan fingerprint density at radius 1 is 1.00 bits per heavy atom. The van der Waals surface area contributed by atoms with Gasteiger partial charge in [0.05, 0.1) is 26.1 Å². The number of methoxy groups -OCH3 is 2. The highest BCUT2D eigenvalue weighted by molar-refractivity contribution is 5.94. The van der Waals surface area contributed by atoms with Gasteiger partial charge in [-0.05, 0) is 31.2 Å². The minimum atomic E-state index is -0.286. The summed E-state index contributed by atoms with van der Waals surface area (Å²) in [6, 6.07) is 8.85. The van der Waals surface area contributed by atoms with Gasteiger partial charge >= 0.3 is 5.91 Å². The molecular formula is C24H24N6O5. The lowest BCUT2D eigenvalue weighted by molar-refractivity contribution is 0.0388. The third-order valence-electron chi connectivity index (χ3n) is 6.05. The molecule has 0 saturated carbocycles. The Kier molecular flexibility index (Phi) is 5.81. The van der Waals surface area contributed by atoms with Crippen molar-refractivity contribution in [3.05, 3.63) is 60.6 Å². The summed E-state index contributed by atoms with van der Waals surface area (Å²) in [6.45, 7) is 3.01. The summed E-state index contributed by atoms with van der Waals surface area (Å²) < 4.78 is 17.5. The summed E-state index contributed by atoms with van der Waals surface area (Å²) >= 11 is 0. The van der Waals surface area contributed by atoms with Crippen LogP contribution < -0.4 is 9.47 Å². The fourth-order valence-electron chi connectivity index (χ4n) is 4.27. The van der Waals surface area contributed by atoms with Crippen molar-refractivity contribution in [2.24, 2.45) is 0 Å². The third-order valence-corrected chi connectivity index (χ3v) is 6.05. The van der Waals surface area contributed by atoms with Crippen molar-refractivity contribution in [2.45, 2.75) is 13.0 Å². The Hall–Kier alpha value is -4.41. The molecule has 11 heteroatoms. The Morgan fingerprint density at radius 3 is 2.54 bits per heavy atom. The predicted molar refractivity (Wildman–Crippen MR) is 124 cm³/mol. The van der Waals surface area contributed by atoms with Crippen LogP contribution in [-0.2, 0) is 0 Å². The molecule has 0 unspecified atom stereocenters. The summed E-state index contributed by atoms with van der Waals surface area (Å²) in [5.41, 5.74) is 2.42. The van der Waals surface area contributed by atoms with Crippen molar-refractivity contribution in [1.82, 2.24) is 29.4 Å². The van der Waals surface area contributed by atoms with Crippen LogP contribution in [0.15, 0.2) is 53.4 Å². The summed E-state index contributed by atoms with van der Waals surface area (Å²) in [4.78, 5) is 37.6. The molecule has 5 rings (SSSR count). The van der Waals surface area contributed by atoms with E-state index in [0.29, 0.717) is 36.8 Å². The highest BCUT2D eigenvalue weighted by Gasteiger charge is 2.33. The summed E-state index contributed by atoms with van der Waals surface area (Å²) in [6.07, 6.45) is 4.48. The number of amides is 2. The van der Waals surface area contributed by atoms with Gasteiger partial charge in [0.1, 0.15) is 6.26 Å². The van der Waals surface area contributed by atoms with Gasteiger partial charge in [0.2, 0.25) is 0 Å². The lowest BCUT2D eigenvalue weighted by Gasteiger charge is -2.38. The zero-order valence-electron chi connectivity index (χ0n) is 19.5. The maximum atomic E-state index is 13.3. The average Bonchev–Trinajstić information content (AvgIpc) is 3.57. The minimum Gasteiger partial charge on any atom is -0.493 e. The molecule has 1 saturated heterocycles. The summed E-state index contributed by atoms with van der Waals surface area (Å²) in [7, 11) is 3.16. The Bertz CT molecular complexity index is 1380. The number of benzene rings is 1. The molecular weight excluding hydrogens is 452 g/mol. The lowest BCUT2D eigenvalue weighted by atomic mass is 10.1. The van der Waals surface area contributed by atoms with E-state index in [4.69, 9.17) is 13.9 Å². The van der Waals surface area contributed by atoms with E-state index >= 15 is 0 Å². The van der Waals surface area contributed by atoms with Gasteiger partial charge in [-0.2, -0.15) is 5.10 Å². The number of ether oxygens (including phenoxy) is 2. The molecule has 0 N–H and O–H groups in total. The molecule has 4 heterocycles. The van der Waals surface area contributed by atoms with Crippen molar-refractivity contribution in [3.8, 4) is 22.8 Å². The number of piperazine rings is 1. The number of rotatable bonds is 5. The van der Waals surface area contributed by atoms with Gasteiger partial charge in [0.25, 0.3) is 11.8 Å². The zero-order valence-corrected chi connectivity index (χ0v) is 19.5. The number of fused-ring (bicyclic) bond motifs is 1. The number of oxazole rings is 1. The quantitative estimate of drug-likeness (QED) is 0.431. The van der Waals surface area contributed by atoms with Crippen LogP contribution in [-0.4, -0.2) is 81.1 Å². The standard InChI is InChI=1S/C24H24N6O5/c1-15-14-28(9-10-29(15)24(32)22-26-8-11-35-22)23(31)17-13-21-25-7-6-18(30(21)27-17)16-4-5-19(33-2)20(12-16)34-3/h4-8,11-13,15H,9-10,14H2,1-3H3/t15-/m0/s1. The number of carbonyl (C=O) groups is 2. The first-order valence-corrected chi connectivity index (χ1v) is 11.1. The van der Waals surface area contributed by atoms with Gasteiger partial charge in [0, 0.05) is 43.5 Å². The highest BCUT2D eigenvalue weighted by Crippen LogP contribution is 2.32. The highest BCUT2D eigenvalue weighted by atomic mass is 16.5. The fourth-order valence-corrected chi connectivity index (χ4v) is 4.27. The second kappa shape index (κ2) is 9.09. The van der Waals surface area contributed by atoms with Gasteiger partial charge in [-0.3, -0.25) is 9.59 Å². The predicted octanol–water partition coefficient (Wildman–Crippen LogP) is 2.39. The van der Waals surface area contributed by atoms with E-state index in [1.165, 1.54) is 12.5 Å². The maximum absolute atomic E-state index is 13.3. The molecule has 0 spiro atoms. The zero-order chi connectivity index (χ0) is 24.5. The Labute approximate surface area is 200 Å². The first-order valence-electron chi connectivity index (χ1n) is 11.1. The van der Waals surface area contributed by atoms with Crippen molar-refractivity contribution < 1.29 is 23.5 Å². The molecule has 3 aromatic heterocycles. The van der Waals surface area contributed by atoms with Crippen molar-refractivity contribution >= 4 is 17.5 Å². The molecule has 180 valence electrons. The van der Waals surface area contributed by atoms with E-state index in [0.717, 1.165) is 11.3 Å². The van der Waals surface area contributed by atoms with Crippen LogP contribution in [0, 0.1) is 0 Å². The smallest absolute Gasteiger partial charge is 0.310 e. The molecule has 0 bridgehead atoms. The molecule has 1 aliphatic rings. The van der Waals surface area contributed by atoms with Crippen molar-refractivity contribution in [3.63, 3.8) is 0 Å². The van der Waals surface area contributed by atoms with E-state index in [1.54, 1.807) is 40.8 Å². The molecule has 0 aliphatic carbocycles. The van der Waals surface area contributed by atoms with Crippen LogP contribution in [0.3, 0.4) is 0 Å². The fraction of sp³-hybridized carbons (Fsp3) is 0.292. The number of nitrogens with zero attached hydrogens (tertiary/aromatic N) is 6. The third kappa shape index (κ3) is 4.05. The van der Waals surface area contributed by atoms with E-state index in [9.17, 15) is 9.59 Å². The Morgan fingerprint density at radius 2 is 1.83 bits per heavy atom. The lowest BCUT2D eigenvalue weighted by Crippen LogP contribution is -2.55. The second-order valence-corrected chi connectivity index (χ2v) is 8.14. The molecule has 0 radical (unpaired) electrons. The average molecular weight is 476 g/mol. The SMILES string of the molecule is COc1ccc(-c2ccnc3cc(C(=O)N4CCN(C(=O)c5ncco5)[C@@H](C)C4)nn23)cc1OC. The van der Waals surface area contributed by atoms with Crippen LogP contribution in [0.4, 0.5) is 0 Å². The van der Waals surface area contributed by atoms with Crippen LogP contribution in [0.5, 0.6) is 11.5 Å². The summed E-state index contributed by atoms with van der Waals surface area (Å²) in [5, 5.41) is 4.57. The minimum absolute atomic E-state index is 0.0470. The normalized spacial score (nSPS) is 15.9. The van der Waals surface area contributed by atoms with Gasteiger partial charge in [-0.15, -0.1) is 0 Å². The van der Waals surface area contributed by atoms with Crippen LogP contribution >= 0.6 is 0 Å². The van der Waals surface area contributed by atoms with Crippen molar-refractivity contribution in [2.75, 3.05) is 33.9 Å². The van der Waals surface area contributed by atoms with Crippen molar-refractivity contribution in [1.29, 1.82) is 0 Å². The van der Waals surface area contributed by atoms with Gasteiger partial charge < -0.3 is 23.7 Å². The molecule has 1 aliphatic heterocycles. The molecule has 11 nitrogen and oxygen atoms in total. The van der Waals surface area contributed by atoms with E-state index in [2.05, 4.69) is 15.1 Å². The molecule has 35 heavy (non-hydrogen) atoms. The molecule has 1 atom stereocenters.